The van der Waals surface area contributed by atoms with Crippen LogP contribution in [0, 0.1) is 11.8 Å². The third-order valence-corrected chi connectivity index (χ3v) is 6.93. The number of hydrogen-bond acceptors (Lipinski definition) is 9. The number of esters is 2. The number of ether oxygens (including phenoxy) is 7. The Hall–Kier alpha value is -3.33. The van der Waals surface area contributed by atoms with Crippen molar-refractivity contribution in [2.24, 2.45) is 11.8 Å². The van der Waals surface area contributed by atoms with Gasteiger partial charge in [0, 0.05) is 24.3 Å². The van der Waals surface area contributed by atoms with Crippen molar-refractivity contribution >= 4 is 23.5 Å². The van der Waals surface area contributed by atoms with Gasteiger partial charge < -0.3 is 33.2 Å². The lowest BCUT2D eigenvalue weighted by atomic mass is 9.66. The van der Waals surface area contributed by atoms with Crippen molar-refractivity contribution < 1.29 is 42.7 Å². The van der Waals surface area contributed by atoms with E-state index in [2.05, 4.69) is 0 Å². The summed E-state index contributed by atoms with van der Waals surface area (Å²) in [4.78, 5) is 25.1. The lowest BCUT2D eigenvalue weighted by molar-refractivity contribution is -0.152. The molecule has 4 atom stereocenters. The van der Waals surface area contributed by atoms with Gasteiger partial charge in [-0.25, -0.2) is 0 Å². The van der Waals surface area contributed by atoms with Crippen LogP contribution in [0.3, 0.4) is 0 Å². The van der Waals surface area contributed by atoms with Gasteiger partial charge in [-0.05, 0) is 29.3 Å². The molecule has 0 aromatic heterocycles. The molecule has 0 N–H and O–H groups in total. The van der Waals surface area contributed by atoms with Gasteiger partial charge in [0.05, 0.1) is 38.9 Å². The minimum Gasteiger partial charge on any atom is -0.493 e. The molecule has 10 heteroatoms. The monoisotopic (exact) mass is 490 g/mol. The van der Waals surface area contributed by atoms with Crippen LogP contribution in [0.25, 0.3) is 0 Å². The molecule has 1 fully saturated rings. The Labute approximate surface area is 200 Å². The van der Waals surface area contributed by atoms with Gasteiger partial charge in [0.1, 0.15) is 6.10 Å². The maximum Gasteiger partial charge on any atom is 0.310 e. The third-order valence-electron chi connectivity index (χ3n) is 6.54. The summed E-state index contributed by atoms with van der Waals surface area (Å²) in [5.74, 6) is -0.440. The Morgan fingerprint density at radius 3 is 2.24 bits per heavy atom. The molecule has 1 saturated heterocycles. The molecule has 2 unspecified atom stereocenters. The van der Waals surface area contributed by atoms with Gasteiger partial charge in [-0.2, -0.15) is 0 Å². The van der Waals surface area contributed by atoms with Crippen LogP contribution in [0.15, 0.2) is 18.2 Å². The van der Waals surface area contributed by atoms with Crippen LogP contribution >= 0.6 is 11.6 Å². The minimum atomic E-state index is -0.699. The summed E-state index contributed by atoms with van der Waals surface area (Å²) in [5, 5.41) is 0.276. The van der Waals surface area contributed by atoms with Crippen LogP contribution in [0.4, 0.5) is 0 Å². The number of halogens is 1. The fourth-order valence-electron chi connectivity index (χ4n) is 5.18. The van der Waals surface area contributed by atoms with Crippen molar-refractivity contribution in [1.82, 2.24) is 0 Å². The van der Waals surface area contributed by atoms with Crippen LogP contribution in [0.1, 0.15) is 35.6 Å². The molecule has 180 valence electrons. The predicted octanol–water partition coefficient (Wildman–Crippen LogP) is 3.63. The first-order chi connectivity index (χ1) is 16.4. The molecule has 1 aliphatic carbocycles. The number of benzene rings is 2. The minimum absolute atomic E-state index is 0.0704. The van der Waals surface area contributed by atoms with E-state index < -0.39 is 35.8 Å². The zero-order chi connectivity index (χ0) is 24.1. The maximum absolute atomic E-state index is 13.1. The highest BCUT2D eigenvalue weighted by Crippen LogP contribution is 2.58. The normalized spacial score (nSPS) is 24.1. The average Bonchev–Trinajstić information content (AvgIpc) is 3.44. The van der Waals surface area contributed by atoms with E-state index in [-0.39, 0.29) is 24.2 Å². The smallest absolute Gasteiger partial charge is 0.310 e. The van der Waals surface area contributed by atoms with Crippen LogP contribution < -0.4 is 23.7 Å². The lowest BCUT2D eigenvalue weighted by Crippen LogP contribution is -2.36. The van der Waals surface area contributed by atoms with E-state index in [1.54, 1.807) is 18.2 Å². The van der Waals surface area contributed by atoms with Gasteiger partial charge in [-0.15, -0.1) is 0 Å². The zero-order valence-corrected chi connectivity index (χ0v) is 19.8. The molecular weight excluding hydrogens is 468 g/mol. The number of methoxy groups -OCH3 is 3. The quantitative estimate of drug-likeness (QED) is 0.581. The van der Waals surface area contributed by atoms with E-state index in [9.17, 15) is 9.59 Å². The van der Waals surface area contributed by atoms with Gasteiger partial charge in [-0.1, -0.05) is 11.6 Å². The third kappa shape index (κ3) is 3.29. The maximum atomic E-state index is 13.1. The van der Waals surface area contributed by atoms with Crippen molar-refractivity contribution in [3.05, 3.63) is 39.9 Å². The number of rotatable bonds is 5. The molecule has 34 heavy (non-hydrogen) atoms. The second-order valence-corrected chi connectivity index (χ2v) is 8.59. The molecule has 0 spiro atoms. The van der Waals surface area contributed by atoms with E-state index >= 15 is 0 Å². The van der Waals surface area contributed by atoms with Gasteiger partial charge in [0.15, 0.2) is 23.0 Å². The summed E-state index contributed by atoms with van der Waals surface area (Å²) in [6.07, 6.45) is -0.699. The molecule has 0 radical (unpaired) electrons. The Bertz CT molecular complexity index is 1180. The van der Waals surface area contributed by atoms with Crippen LogP contribution in [0.2, 0.25) is 5.02 Å². The number of hydrogen-bond donors (Lipinski definition) is 0. The number of carbonyl (C=O) groups is 2. The second-order valence-electron chi connectivity index (χ2n) is 8.21. The van der Waals surface area contributed by atoms with Crippen LogP contribution in [0.5, 0.6) is 28.7 Å². The van der Waals surface area contributed by atoms with E-state index in [1.165, 1.54) is 28.3 Å². The first-order valence-electron chi connectivity index (χ1n) is 10.6. The first-order valence-corrected chi connectivity index (χ1v) is 11.0. The molecule has 9 nitrogen and oxygen atoms in total. The number of cyclic esters (lactones) is 1. The molecule has 5 rings (SSSR count). The van der Waals surface area contributed by atoms with E-state index in [0.717, 1.165) is 0 Å². The van der Waals surface area contributed by atoms with Crippen LogP contribution in [-0.4, -0.2) is 46.7 Å². The fourth-order valence-corrected chi connectivity index (χ4v) is 5.52. The topological polar surface area (TPSA) is 98.8 Å². The molecule has 2 aromatic rings. The fraction of sp³-hybridized carbons (Fsp3) is 0.417. The van der Waals surface area contributed by atoms with E-state index in [1.807, 2.05) is 0 Å². The van der Waals surface area contributed by atoms with Crippen molar-refractivity contribution in [3.8, 4) is 28.7 Å². The first kappa shape index (κ1) is 22.5. The summed E-state index contributed by atoms with van der Waals surface area (Å²) in [7, 11) is 4.47. The van der Waals surface area contributed by atoms with Gasteiger partial charge in [0.2, 0.25) is 12.5 Å². The zero-order valence-electron chi connectivity index (χ0n) is 19.0. The Balaban J connectivity index is 1.79. The van der Waals surface area contributed by atoms with Crippen molar-refractivity contribution in [1.29, 1.82) is 0 Å². The second kappa shape index (κ2) is 8.47. The van der Waals surface area contributed by atoms with Gasteiger partial charge in [-0.3, -0.25) is 9.59 Å². The number of carbonyl (C=O) groups excluding carboxylic acids is 2. The van der Waals surface area contributed by atoms with E-state index in [0.29, 0.717) is 39.7 Å². The Kier molecular flexibility index (Phi) is 5.59. The molecule has 0 amide bonds. The van der Waals surface area contributed by atoms with Gasteiger partial charge in [0.25, 0.3) is 0 Å². The van der Waals surface area contributed by atoms with Crippen molar-refractivity contribution in [2.75, 3.05) is 34.7 Å². The number of fused-ring (bicyclic) bond motifs is 3. The lowest BCUT2D eigenvalue weighted by Gasteiger charge is -2.38. The molecule has 0 bridgehead atoms. The van der Waals surface area contributed by atoms with E-state index in [4.69, 9.17) is 44.8 Å². The average molecular weight is 491 g/mol. The predicted molar refractivity (Wildman–Crippen MR) is 118 cm³/mol. The molecule has 3 aliphatic rings. The van der Waals surface area contributed by atoms with Crippen molar-refractivity contribution in [3.63, 3.8) is 0 Å². The highest BCUT2D eigenvalue weighted by Gasteiger charge is 2.54. The van der Waals surface area contributed by atoms with Crippen molar-refractivity contribution in [2.45, 2.75) is 18.9 Å². The van der Waals surface area contributed by atoms with Gasteiger partial charge >= 0.3 is 11.9 Å². The highest BCUT2D eigenvalue weighted by molar-refractivity contribution is 6.33. The molecule has 2 heterocycles. The highest BCUT2D eigenvalue weighted by atomic mass is 35.5. The Morgan fingerprint density at radius 2 is 1.62 bits per heavy atom. The summed E-state index contributed by atoms with van der Waals surface area (Å²) >= 11 is 6.84. The summed E-state index contributed by atoms with van der Waals surface area (Å²) < 4.78 is 38.9. The SMILES string of the molecule is COc1cc([C@@H]2c3cc4c(cc3[C@H](OC(C)=O)C3COC(=O)C32)OCO4)c(Cl)c(OC)c1OC. The molecular formula is C24H23ClO9. The Morgan fingerprint density at radius 1 is 0.941 bits per heavy atom. The molecule has 2 aliphatic heterocycles. The molecule has 0 saturated carbocycles. The largest absolute Gasteiger partial charge is 0.493 e. The molecule has 2 aromatic carbocycles. The summed E-state index contributed by atoms with van der Waals surface area (Å²) in [5.41, 5.74) is 2.01. The summed E-state index contributed by atoms with van der Waals surface area (Å²) in [6, 6.07) is 5.33. The van der Waals surface area contributed by atoms with Crippen LogP contribution in [-0.2, 0) is 19.1 Å². The standard InChI is InChI=1S/C24H23ClO9/c1-10(26)34-21-12-6-16-15(32-9-33-16)5-11(12)18(19-14(21)8-31-24(19)27)13-7-17(28-2)22(29-3)23(30-4)20(13)25/h5-7,14,18-19,21H,8-9H2,1-4H3/t14?,18-,19?,21-/m0/s1. The summed E-state index contributed by atoms with van der Waals surface area (Å²) in [6.45, 7) is 1.51.